The summed E-state index contributed by atoms with van der Waals surface area (Å²) in [4.78, 5) is 14.1. The van der Waals surface area contributed by atoms with Gasteiger partial charge in [0, 0.05) is 0 Å². The van der Waals surface area contributed by atoms with E-state index in [0.717, 1.165) is 0 Å². The Kier molecular flexibility index (Phi) is 6.17. The highest BCUT2D eigenvalue weighted by Gasteiger charge is 2.31. The minimum atomic E-state index is -0.155. The first-order valence-corrected chi connectivity index (χ1v) is 6.39. The van der Waals surface area contributed by atoms with Crippen molar-refractivity contribution in [2.45, 2.75) is 47.6 Å². The first kappa shape index (κ1) is 16.4. The third-order valence-corrected chi connectivity index (χ3v) is 2.99. The molecule has 0 heterocycles. The molecule has 0 aromatic carbocycles. The number of esters is 1. The minimum Gasteiger partial charge on any atom is -0.464 e. The Morgan fingerprint density at radius 1 is 1.18 bits per heavy atom. The molecule has 0 N–H and O–H groups in total. The number of hydrogen-bond donors (Lipinski definition) is 0. The number of likely N-dealkylation sites (N-methyl/N-ethyl adjacent to an activating group) is 1. The molecule has 102 valence electrons. The van der Waals surface area contributed by atoms with Crippen LogP contribution in [0.1, 0.15) is 41.5 Å². The highest BCUT2D eigenvalue weighted by molar-refractivity contribution is 5.76. The molecule has 0 radical (unpaired) electrons. The summed E-state index contributed by atoms with van der Waals surface area (Å²) in [6, 6.07) is -0.155. The molecule has 2 unspecified atom stereocenters. The maximum Gasteiger partial charge on any atom is 0.323 e. The van der Waals surface area contributed by atoms with E-state index in [0.29, 0.717) is 12.5 Å². The van der Waals surface area contributed by atoms with Gasteiger partial charge in [-0.05, 0) is 31.3 Å². The molecule has 0 aliphatic carbocycles. The summed E-state index contributed by atoms with van der Waals surface area (Å²) in [6.07, 6.45) is 0. The molecular weight excluding hydrogens is 214 g/mol. The van der Waals surface area contributed by atoms with Gasteiger partial charge < -0.3 is 4.74 Å². The Morgan fingerprint density at radius 3 is 1.94 bits per heavy atom. The molecule has 0 aliphatic heterocycles. The number of carbonyl (C=O) groups excluding carboxylic acids is 1. The molecule has 17 heavy (non-hydrogen) atoms. The van der Waals surface area contributed by atoms with Crippen molar-refractivity contribution in [3.05, 3.63) is 0 Å². The zero-order valence-corrected chi connectivity index (χ0v) is 12.7. The van der Waals surface area contributed by atoms with Crippen LogP contribution < -0.4 is 0 Å². The van der Waals surface area contributed by atoms with Crippen LogP contribution in [-0.2, 0) is 9.53 Å². The Morgan fingerprint density at radius 2 is 1.65 bits per heavy atom. The zero-order valence-electron chi connectivity index (χ0n) is 12.7. The number of nitrogens with zero attached hydrogens (tertiary/aromatic N) is 1. The lowest BCUT2D eigenvalue weighted by atomic mass is 9.89. The van der Waals surface area contributed by atoms with Crippen LogP contribution >= 0.6 is 0 Å². The largest absolute Gasteiger partial charge is 0.464 e. The van der Waals surface area contributed by atoms with Crippen molar-refractivity contribution < 1.29 is 9.53 Å². The molecule has 0 amide bonds. The quantitative estimate of drug-likeness (QED) is 0.695. The maximum atomic E-state index is 12.1. The van der Waals surface area contributed by atoms with Crippen LogP contribution in [0.4, 0.5) is 0 Å². The number of carbonyl (C=O) groups is 1. The van der Waals surface area contributed by atoms with Crippen LogP contribution in [0.15, 0.2) is 0 Å². The molecule has 0 aromatic heterocycles. The van der Waals surface area contributed by atoms with Gasteiger partial charge in [-0.2, -0.15) is 0 Å². The molecule has 2 atom stereocenters. The van der Waals surface area contributed by atoms with Crippen molar-refractivity contribution in [2.75, 3.05) is 20.7 Å². The standard InChI is InChI=1S/C14H29NO2/c1-10(2)11(3)12(15(7)8)13(16)17-9-14(4,5)6/h10-12H,9H2,1-8H3. The second-order valence-corrected chi connectivity index (χ2v) is 6.68. The summed E-state index contributed by atoms with van der Waals surface area (Å²) in [7, 11) is 3.86. The Balaban J connectivity index is 4.57. The van der Waals surface area contributed by atoms with Crippen LogP contribution in [0.2, 0.25) is 0 Å². The lowest BCUT2D eigenvalue weighted by Gasteiger charge is -2.31. The van der Waals surface area contributed by atoms with E-state index in [2.05, 4.69) is 41.5 Å². The predicted molar refractivity (Wildman–Crippen MR) is 71.9 cm³/mol. The van der Waals surface area contributed by atoms with Gasteiger partial charge in [0.15, 0.2) is 0 Å². The average molecular weight is 243 g/mol. The molecule has 0 spiro atoms. The smallest absolute Gasteiger partial charge is 0.323 e. The highest BCUT2D eigenvalue weighted by Crippen LogP contribution is 2.20. The van der Waals surface area contributed by atoms with Gasteiger partial charge >= 0.3 is 5.97 Å². The molecule has 0 saturated carbocycles. The van der Waals surface area contributed by atoms with Crippen molar-refractivity contribution in [1.29, 1.82) is 0 Å². The van der Waals surface area contributed by atoms with Gasteiger partial charge in [-0.3, -0.25) is 9.69 Å². The summed E-state index contributed by atoms with van der Waals surface area (Å²) in [5.41, 5.74) is 0.0214. The lowest BCUT2D eigenvalue weighted by molar-refractivity contribution is -0.154. The zero-order chi connectivity index (χ0) is 13.8. The van der Waals surface area contributed by atoms with Gasteiger partial charge in [-0.15, -0.1) is 0 Å². The van der Waals surface area contributed by atoms with E-state index in [-0.39, 0.29) is 23.3 Å². The average Bonchev–Trinajstić information content (AvgIpc) is 2.13. The third kappa shape index (κ3) is 6.06. The Bertz CT molecular complexity index is 241. The second-order valence-electron chi connectivity index (χ2n) is 6.68. The third-order valence-electron chi connectivity index (χ3n) is 2.99. The molecule has 3 nitrogen and oxygen atoms in total. The van der Waals surface area contributed by atoms with E-state index in [1.54, 1.807) is 0 Å². The minimum absolute atomic E-state index is 0.0214. The van der Waals surface area contributed by atoms with E-state index in [1.165, 1.54) is 0 Å². The van der Waals surface area contributed by atoms with Crippen molar-refractivity contribution in [1.82, 2.24) is 4.90 Å². The van der Waals surface area contributed by atoms with Crippen molar-refractivity contribution >= 4 is 5.97 Å². The highest BCUT2D eigenvalue weighted by atomic mass is 16.5. The van der Waals surface area contributed by atoms with Gasteiger partial charge in [0.2, 0.25) is 0 Å². The number of ether oxygens (including phenoxy) is 1. The second kappa shape index (κ2) is 6.39. The Hall–Kier alpha value is -0.570. The summed E-state index contributed by atoms with van der Waals surface area (Å²) in [5, 5.41) is 0. The van der Waals surface area contributed by atoms with E-state index < -0.39 is 0 Å². The molecule has 0 aliphatic rings. The van der Waals surface area contributed by atoms with Gasteiger partial charge in [0.1, 0.15) is 6.04 Å². The lowest BCUT2D eigenvalue weighted by Crippen LogP contribution is -2.44. The van der Waals surface area contributed by atoms with Crippen molar-refractivity contribution in [3.63, 3.8) is 0 Å². The Labute approximate surface area is 107 Å². The fraction of sp³-hybridized carbons (Fsp3) is 0.929. The van der Waals surface area contributed by atoms with Crippen LogP contribution in [0.3, 0.4) is 0 Å². The van der Waals surface area contributed by atoms with Gasteiger partial charge in [0.25, 0.3) is 0 Å². The number of rotatable bonds is 5. The molecular formula is C14H29NO2. The van der Waals surface area contributed by atoms with Crippen LogP contribution in [0, 0.1) is 17.3 Å². The fourth-order valence-corrected chi connectivity index (χ4v) is 1.63. The molecule has 0 aromatic rings. The van der Waals surface area contributed by atoms with Crippen molar-refractivity contribution in [3.8, 4) is 0 Å². The van der Waals surface area contributed by atoms with Crippen LogP contribution in [0.5, 0.6) is 0 Å². The maximum absolute atomic E-state index is 12.1. The normalized spacial score (nSPS) is 16.1. The summed E-state index contributed by atoms with van der Waals surface area (Å²) in [5.74, 6) is 0.646. The first-order valence-electron chi connectivity index (χ1n) is 6.39. The molecule has 0 saturated heterocycles. The summed E-state index contributed by atoms with van der Waals surface area (Å²) in [6.45, 7) is 13.1. The molecule has 3 heteroatoms. The van der Waals surface area contributed by atoms with Crippen LogP contribution in [0.25, 0.3) is 0 Å². The fourth-order valence-electron chi connectivity index (χ4n) is 1.63. The first-order chi connectivity index (χ1) is 7.56. The number of hydrogen-bond acceptors (Lipinski definition) is 3. The van der Waals surface area contributed by atoms with E-state index >= 15 is 0 Å². The van der Waals surface area contributed by atoms with Crippen LogP contribution in [-0.4, -0.2) is 37.6 Å². The van der Waals surface area contributed by atoms with Gasteiger partial charge in [-0.25, -0.2) is 0 Å². The predicted octanol–water partition coefficient (Wildman–Crippen LogP) is 2.80. The molecule has 0 fully saturated rings. The van der Waals surface area contributed by atoms with E-state index in [9.17, 15) is 4.79 Å². The van der Waals surface area contributed by atoms with E-state index in [1.807, 2.05) is 19.0 Å². The summed E-state index contributed by atoms with van der Waals surface area (Å²) >= 11 is 0. The topological polar surface area (TPSA) is 29.5 Å². The van der Waals surface area contributed by atoms with E-state index in [4.69, 9.17) is 4.74 Å². The SMILES string of the molecule is CC(C)C(C)C(C(=O)OCC(C)(C)C)N(C)C. The summed E-state index contributed by atoms with van der Waals surface area (Å²) < 4.78 is 5.42. The molecule has 0 bridgehead atoms. The monoisotopic (exact) mass is 243 g/mol. The van der Waals surface area contributed by atoms with Gasteiger partial charge in [-0.1, -0.05) is 41.5 Å². The van der Waals surface area contributed by atoms with Gasteiger partial charge in [0.05, 0.1) is 6.61 Å². The molecule has 0 rings (SSSR count). The van der Waals surface area contributed by atoms with Crippen molar-refractivity contribution in [2.24, 2.45) is 17.3 Å².